The molecule has 0 spiro atoms. The molecule has 1 aromatic carbocycles. The summed E-state index contributed by atoms with van der Waals surface area (Å²) in [6, 6.07) is 8.18. The van der Waals surface area contributed by atoms with Gasteiger partial charge in [-0.25, -0.2) is 0 Å². The van der Waals surface area contributed by atoms with Crippen LogP contribution in [-0.2, 0) is 4.79 Å². The Bertz CT molecular complexity index is 542. The highest BCUT2D eigenvalue weighted by Gasteiger charge is 2.15. The summed E-state index contributed by atoms with van der Waals surface area (Å²) in [5, 5.41) is 6.07. The molecule has 5 nitrogen and oxygen atoms in total. The average Bonchev–Trinajstić information content (AvgIpc) is 2.55. The van der Waals surface area contributed by atoms with Crippen molar-refractivity contribution in [2.24, 2.45) is 5.92 Å². The van der Waals surface area contributed by atoms with E-state index in [1.54, 1.807) is 0 Å². The van der Waals surface area contributed by atoms with Crippen molar-refractivity contribution in [3.05, 3.63) is 24.3 Å². The van der Waals surface area contributed by atoms with Gasteiger partial charge in [0.2, 0.25) is 5.91 Å². The lowest BCUT2D eigenvalue weighted by Crippen LogP contribution is -2.46. The normalized spacial score (nSPS) is 14.9. The van der Waals surface area contributed by atoms with E-state index in [0.29, 0.717) is 5.11 Å². The zero-order valence-corrected chi connectivity index (χ0v) is 16.2. The van der Waals surface area contributed by atoms with Crippen molar-refractivity contribution in [1.82, 2.24) is 10.2 Å². The summed E-state index contributed by atoms with van der Waals surface area (Å²) in [5.74, 6) is -0.160. The van der Waals surface area contributed by atoms with Crippen LogP contribution in [0.1, 0.15) is 20.8 Å². The third-order valence-corrected chi connectivity index (χ3v) is 4.28. The summed E-state index contributed by atoms with van der Waals surface area (Å²) in [6.45, 7) is 11.3. The summed E-state index contributed by atoms with van der Waals surface area (Å²) >= 11 is 5.16. The molecule has 1 amide bonds. The Morgan fingerprint density at radius 1 is 1.17 bits per heavy atom. The van der Waals surface area contributed by atoms with Gasteiger partial charge in [-0.05, 0) is 43.0 Å². The Kier molecular flexibility index (Phi) is 8.45. The van der Waals surface area contributed by atoms with Crippen molar-refractivity contribution in [2.45, 2.75) is 20.8 Å². The molecule has 1 aromatic rings. The first kappa shape index (κ1) is 20.7. The fourth-order valence-electron chi connectivity index (χ4n) is 2.50. The van der Waals surface area contributed by atoms with E-state index < -0.39 is 0 Å². The van der Waals surface area contributed by atoms with Crippen LogP contribution in [0.4, 0.5) is 11.4 Å². The summed E-state index contributed by atoms with van der Waals surface area (Å²) in [6.07, 6.45) is 0. The number of nitrogens with zero attached hydrogens (tertiary/aromatic N) is 2. The molecule has 0 saturated carbocycles. The topological polar surface area (TPSA) is 47.6 Å². The lowest BCUT2D eigenvalue weighted by Gasteiger charge is -2.35. The summed E-state index contributed by atoms with van der Waals surface area (Å²) < 4.78 is 0. The number of rotatable bonds is 4. The molecular formula is C17H27ClN4OS. The lowest BCUT2D eigenvalue weighted by molar-refractivity contribution is -0.122. The highest BCUT2D eigenvalue weighted by molar-refractivity contribution is 7.80. The first-order chi connectivity index (χ1) is 11.0. The van der Waals surface area contributed by atoms with Crippen LogP contribution >= 0.6 is 24.6 Å². The van der Waals surface area contributed by atoms with Crippen molar-refractivity contribution in [3.63, 3.8) is 0 Å². The number of hydrogen-bond donors (Lipinski definition) is 2. The standard InChI is InChI=1S/C17H26N4OS.ClH/c1-4-20-9-11-21(12-10-20)15-7-5-14(6-8-15)18-17(23)19-16(22)13(2)3;/h5-8,13H,4,9-12H2,1-3H3,(H2,18,19,22,23);1H. The van der Waals surface area contributed by atoms with E-state index in [4.69, 9.17) is 12.2 Å². The molecule has 0 aromatic heterocycles. The number of benzene rings is 1. The van der Waals surface area contributed by atoms with E-state index >= 15 is 0 Å². The van der Waals surface area contributed by atoms with Crippen molar-refractivity contribution < 1.29 is 4.79 Å². The van der Waals surface area contributed by atoms with E-state index in [9.17, 15) is 4.79 Å². The number of nitrogens with one attached hydrogen (secondary N) is 2. The number of halogens is 1. The van der Waals surface area contributed by atoms with Gasteiger partial charge in [0.15, 0.2) is 5.11 Å². The third-order valence-electron chi connectivity index (χ3n) is 4.07. The maximum Gasteiger partial charge on any atom is 0.228 e. The van der Waals surface area contributed by atoms with Gasteiger partial charge in [-0.15, -0.1) is 12.4 Å². The molecular weight excluding hydrogens is 344 g/mol. The molecule has 0 radical (unpaired) electrons. The van der Waals surface area contributed by atoms with Crippen LogP contribution in [0.2, 0.25) is 0 Å². The van der Waals surface area contributed by atoms with Gasteiger partial charge in [-0.1, -0.05) is 20.8 Å². The van der Waals surface area contributed by atoms with Gasteiger partial charge < -0.3 is 20.4 Å². The van der Waals surface area contributed by atoms with E-state index in [1.165, 1.54) is 5.69 Å². The molecule has 0 aliphatic carbocycles. The number of thiocarbonyl (C=S) groups is 1. The highest BCUT2D eigenvalue weighted by atomic mass is 35.5. The summed E-state index contributed by atoms with van der Waals surface area (Å²) in [5.41, 5.74) is 2.11. The first-order valence-electron chi connectivity index (χ1n) is 8.18. The molecule has 1 aliphatic rings. The Hall–Kier alpha value is -1.37. The number of anilines is 2. The third kappa shape index (κ3) is 5.92. The zero-order chi connectivity index (χ0) is 16.8. The molecule has 2 N–H and O–H groups in total. The Morgan fingerprint density at radius 2 is 1.75 bits per heavy atom. The Morgan fingerprint density at radius 3 is 2.25 bits per heavy atom. The number of carbonyl (C=O) groups excluding carboxylic acids is 1. The van der Waals surface area contributed by atoms with Gasteiger partial charge in [0, 0.05) is 43.5 Å². The van der Waals surface area contributed by atoms with Crippen LogP contribution in [0.15, 0.2) is 24.3 Å². The first-order valence-corrected chi connectivity index (χ1v) is 8.59. The molecule has 24 heavy (non-hydrogen) atoms. The second-order valence-corrected chi connectivity index (χ2v) is 6.47. The number of likely N-dealkylation sites (N-methyl/N-ethyl adjacent to an activating group) is 1. The van der Waals surface area contributed by atoms with Crippen LogP contribution < -0.4 is 15.5 Å². The van der Waals surface area contributed by atoms with Crippen molar-refractivity contribution in [2.75, 3.05) is 42.9 Å². The molecule has 7 heteroatoms. The summed E-state index contributed by atoms with van der Waals surface area (Å²) in [7, 11) is 0. The van der Waals surface area contributed by atoms with Crippen molar-refractivity contribution in [3.8, 4) is 0 Å². The van der Waals surface area contributed by atoms with Crippen LogP contribution in [0.5, 0.6) is 0 Å². The summed E-state index contributed by atoms with van der Waals surface area (Å²) in [4.78, 5) is 16.5. The minimum absolute atomic E-state index is 0. The van der Waals surface area contributed by atoms with E-state index in [0.717, 1.165) is 38.4 Å². The lowest BCUT2D eigenvalue weighted by atomic mass is 10.2. The van der Waals surface area contributed by atoms with E-state index in [2.05, 4.69) is 39.5 Å². The fourth-order valence-corrected chi connectivity index (χ4v) is 2.71. The average molecular weight is 371 g/mol. The molecule has 1 aliphatic heterocycles. The van der Waals surface area contributed by atoms with Crippen LogP contribution in [0, 0.1) is 5.92 Å². The largest absolute Gasteiger partial charge is 0.369 e. The number of hydrogen-bond acceptors (Lipinski definition) is 4. The molecule has 1 fully saturated rings. The van der Waals surface area contributed by atoms with Crippen molar-refractivity contribution in [1.29, 1.82) is 0 Å². The molecule has 2 rings (SSSR count). The molecule has 0 unspecified atom stereocenters. The molecule has 0 atom stereocenters. The number of amides is 1. The second-order valence-electron chi connectivity index (χ2n) is 6.07. The SMILES string of the molecule is CCN1CCN(c2ccc(NC(=S)NC(=O)C(C)C)cc2)CC1.Cl. The van der Waals surface area contributed by atoms with Gasteiger partial charge in [0.05, 0.1) is 0 Å². The Balaban J connectivity index is 0.00000288. The monoisotopic (exact) mass is 370 g/mol. The maximum absolute atomic E-state index is 11.6. The van der Waals surface area contributed by atoms with Gasteiger partial charge >= 0.3 is 0 Å². The number of piperazine rings is 1. The minimum Gasteiger partial charge on any atom is -0.369 e. The molecule has 1 saturated heterocycles. The smallest absolute Gasteiger partial charge is 0.228 e. The second kappa shape index (κ2) is 9.81. The fraction of sp³-hybridized carbons (Fsp3) is 0.529. The molecule has 1 heterocycles. The maximum atomic E-state index is 11.6. The quantitative estimate of drug-likeness (QED) is 0.798. The van der Waals surface area contributed by atoms with Crippen molar-refractivity contribution >= 4 is 47.0 Å². The minimum atomic E-state index is -0.0843. The van der Waals surface area contributed by atoms with E-state index in [1.807, 2.05) is 26.0 Å². The van der Waals surface area contributed by atoms with Crippen LogP contribution in [0.3, 0.4) is 0 Å². The molecule has 134 valence electrons. The van der Waals surface area contributed by atoms with E-state index in [-0.39, 0.29) is 24.2 Å². The van der Waals surface area contributed by atoms with Gasteiger partial charge in [0.1, 0.15) is 0 Å². The predicted molar refractivity (Wildman–Crippen MR) is 107 cm³/mol. The Labute approximate surface area is 156 Å². The predicted octanol–water partition coefficient (Wildman–Crippen LogP) is 2.72. The van der Waals surface area contributed by atoms with Gasteiger partial charge in [-0.2, -0.15) is 0 Å². The zero-order valence-electron chi connectivity index (χ0n) is 14.5. The highest BCUT2D eigenvalue weighted by Crippen LogP contribution is 2.19. The molecule has 0 bridgehead atoms. The van der Waals surface area contributed by atoms with Crippen LogP contribution in [-0.4, -0.2) is 48.6 Å². The van der Waals surface area contributed by atoms with Crippen LogP contribution in [0.25, 0.3) is 0 Å². The van der Waals surface area contributed by atoms with Gasteiger partial charge in [0.25, 0.3) is 0 Å². The number of carbonyl (C=O) groups is 1. The van der Waals surface area contributed by atoms with Gasteiger partial charge in [-0.3, -0.25) is 4.79 Å².